The van der Waals surface area contributed by atoms with E-state index in [-0.39, 0.29) is 28.1 Å². The van der Waals surface area contributed by atoms with Crippen LogP contribution in [0.2, 0.25) is 5.02 Å². The normalized spacial score (nSPS) is 13.7. The molecule has 21 heavy (non-hydrogen) atoms. The van der Waals surface area contributed by atoms with Crippen LogP contribution in [0, 0.1) is 5.82 Å². The fourth-order valence-corrected chi connectivity index (χ4v) is 4.57. The van der Waals surface area contributed by atoms with E-state index in [2.05, 4.69) is 0 Å². The molecule has 8 heteroatoms. The lowest BCUT2D eigenvalue weighted by atomic mass is 10.2. The van der Waals surface area contributed by atoms with E-state index in [1.54, 1.807) is 11.8 Å². The monoisotopic (exact) mass is 354 g/mol. The van der Waals surface area contributed by atoms with E-state index in [0.717, 1.165) is 6.07 Å². The van der Waals surface area contributed by atoms with Gasteiger partial charge in [-0.3, -0.25) is 0 Å². The number of rotatable bonds is 7. The number of hydrogen-bond donors (Lipinski definition) is 1. The first-order valence-corrected chi connectivity index (χ1v) is 9.65. The summed E-state index contributed by atoms with van der Waals surface area (Å²) < 4.78 is 40.3. The molecule has 0 aliphatic heterocycles. The summed E-state index contributed by atoms with van der Waals surface area (Å²) in [7, 11) is -2.27. The van der Waals surface area contributed by atoms with E-state index in [4.69, 9.17) is 17.3 Å². The molecule has 0 fully saturated rings. The van der Waals surface area contributed by atoms with E-state index in [0.29, 0.717) is 12.2 Å². The van der Waals surface area contributed by atoms with Gasteiger partial charge in [0.25, 0.3) is 0 Å². The molecule has 0 radical (unpaired) electrons. The van der Waals surface area contributed by atoms with Crippen LogP contribution in [0.25, 0.3) is 0 Å². The summed E-state index contributed by atoms with van der Waals surface area (Å²) in [4.78, 5) is -0.119. The van der Waals surface area contributed by atoms with Crippen molar-refractivity contribution < 1.29 is 12.8 Å². The third-order valence-electron chi connectivity index (χ3n) is 3.32. The third kappa shape index (κ3) is 4.10. The van der Waals surface area contributed by atoms with Crippen molar-refractivity contribution >= 4 is 33.4 Å². The molecule has 0 aliphatic rings. The molecule has 120 valence electrons. The number of halogens is 2. The van der Waals surface area contributed by atoms with E-state index in [1.807, 2.05) is 13.2 Å². The van der Waals surface area contributed by atoms with Gasteiger partial charge in [0.15, 0.2) is 0 Å². The smallest absolute Gasteiger partial charge is 0.243 e. The first kappa shape index (κ1) is 18.7. The first-order chi connectivity index (χ1) is 9.79. The maximum Gasteiger partial charge on any atom is 0.243 e. The highest BCUT2D eigenvalue weighted by molar-refractivity contribution is 7.98. The van der Waals surface area contributed by atoms with Crippen LogP contribution in [-0.2, 0) is 16.6 Å². The second-order valence-electron chi connectivity index (χ2n) is 4.62. The molecule has 1 rings (SSSR count). The van der Waals surface area contributed by atoms with Crippen LogP contribution in [0.1, 0.15) is 18.9 Å². The van der Waals surface area contributed by atoms with Crippen LogP contribution >= 0.6 is 23.4 Å². The highest BCUT2D eigenvalue weighted by atomic mass is 35.5. The summed E-state index contributed by atoms with van der Waals surface area (Å²) in [6, 6.07) is 2.13. The molecule has 1 unspecified atom stereocenters. The maximum atomic E-state index is 13.8. The van der Waals surface area contributed by atoms with E-state index in [9.17, 15) is 12.8 Å². The SMILES string of the molecule is CCC(CSC)N(C)S(=O)(=O)c1cc(F)c(Cl)c(CN)c1. The molecule has 0 saturated carbocycles. The summed E-state index contributed by atoms with van der Waals surface area (Å²) in [6.07, 6.45) is 2.59. The van der Waals surface area contributed by atoms with Crippen LogP contribution in [0.5, 0.6) is 0 Å². The molecule has 1 aromatic carbocycles. The highest BCUT2D eigenvalue weighted by Crippen LogP contribution is 2.27. The van der Waals surface area contributed by atoms with Crippen molar-refractivity contribution in [3.05, 3.63) is 28.5 Å². The van der Waals surface area contributed by atoms with Crippen molar-refractivity contribution in [1.82, 2.24) is 4.31 Å². The molecule has 0 heterocycles. The van der Waals surface area contributed by atoms with Crippen molar-refractivity contribution in [3.63, 3.8) is 0 Å². The standard InChI is InChI=1S/C13H20ClFN2O2S2/c1-4-10(8-20-3)17(2)21(18,19)11-5-9(7-16)13(14)12(15)6-11/h5-6,10H,4,7-8,16H2,1-3H3. The van der Waals surface area contributed by atoms with Crippen LogP contribution < -0.4 is 5.73 Å². The van der Waals surface area contributed by atoms with Crippen LogP contribution in [0.15, 0.2) is 17.0 Å². The predicted octanol–water partition coefficient (Wildman–Crippen LogP) is 2.70. The first-order valence-electron chi connectivity index (χ1n) is 6.44. The molecule has 0 aromatic heterocycles. The van der Waals surface area contributed by atoms with Gasteiger partial charge in [-0.1, -0.05) is 18.5 Å². The van der Waals surface area contributed by atoms with Gasteiger partial charge >= 0.3 is 0 Å². The number of benzene rings is 1. The minimum absolute atomic E-state index is 0.0230. The molecular formula is C13H20ClFN2O2S2. The summed E-state index contributed by atoms with van der Waals surface area (Å²) in [5, 5.41) is -0.129. The Hall–Kier alpha value is -0.340. The van der Waals surface area contributed by atoms with Gasteiger partial charge in [0.2, 0.25) is 10.0 Å². The van der Waals surface area contributed by atoms with Crippen molar-refractivity contribution in [2.75, 3.05) is 19.1 Å². The fraction of sp³-hybridized carbons (Fsp3) is 0.538. The second kappa shape index (κ2) is 7.78. The number of sulfonamides is 1. The quantitative estimate of drug-likeness (QED) is 0.817. The lowest BCUT2D eigenvalue weighted by Gasteiger charge is -2.26. The van der Waals surface area contributed by atoms with Gasteiger partial charge in [0, 0.05) is 25.4 Å². The van der Waals surface area contributed by atoms with Gasteiger partial charge in [-0.2, -0.15) is 16.1 Å². The maximum absolute atomic E-state index is 13.8. The van der Waals surface area contributed by atoms with Gasteiger partial charge in [-0.15, -0.1) is 0 Å². The molecule has 2 N–H and O–H groups in total. The molecule has 1 aromatic rings. The lowest BCUT2D eigenvalue weighted by Crippen LogP contribution is -2.38. The molecular weight excluding hydrogens is 335 g/mol. The predicted molar refractivity (Wildman–Crippen MR) is 86.7 cm³/mol. The van der Waals surface area contributed by atoms with E-state index in [1.165, 1.54) is 17.4 Å². The largest absolute Gasteiger partial charge is 0.326 e. The Morgan fingerprint density at radius 1 is 1.48 bits per heavy atom. The molecule has 0 spiro atoms. The Morgan fingerprint density at radius 3 is 2.57 bits per heavy atom. The van der Waals surface area contributed by atoms with Gasteiger partial charge in [-0.05, 0) is 30.4 Å². The van der Waals surface area contributed by atoms with Gasteiger partial charge in [-0.25, -0.2) is 12.8 Å². The number of thioether (sulfide) groups is 1. The van der Waals surface area contributed by atoms with Crippen LogP contribution in [-0.4, -0.2) is 37.8 Å². The second-order valence-corrected chi connectivity index (χ2v) is 7.91. The molecule has 4 nitrogen and oxygen atoms in total. The lowest BCUT2D eigenvalue weighted by molar-refractivity contribution is 0.385. The topological polar surface area (TPSA) is 63.4 Å². The Kier molecular flexibility index (Phi) is 6.93. The van der Waals surface area contributed by atoms with Crippen molar-refractivity contribution in [1.29, 1.82) is 0 Å². The molecule has 0 bridgehead atoms. The van der Waals surface area contributed by atoms with Crippen LogP contribution in [0.3, 0.4) is 0 Å². The van der Waals surface area contributed by atoms with E-state index >= 15 is 0 Å². The Balaban J connectivity index is 3.27. The van der Waals surface area contributed by atoms with Crippen molar-refractivity contribution in [2.24, 2.45) is 5.73 Å². The van der Waals surface area contributed by atoms with Crippen molar-refractivity contribution in [3.8, 4) is 0 Å². The zero-order valence-electron chi connectivity index (χ0n) is 12.3. The fourth-order valence-electron chi connectivity index (χ4n) is 1.95. The Labute approximate surface area is 134 Å². The average Bonchev–Trinajstić information content (AvgIpc) is 2.46. The summed E-state index contributed by atoms with van der Waals surface area (Å²) in [6.45, 7) is 1.89. The number of nitrogens with zero attached hydrogens (tertiary/aromatic N) is 1. The Morgan fingerprint density at radius 2 is 2.10 bits per heavy atom. The highest BCUT2D eigenvalue weighted by Gasteiger charge is 2.28. The molecule has 0 amide bonds. The summed E-state index contributed by atoms with van der Waals surface area (Å²) in [5.74, 6) is -0.101. The number of hydrogen-bond acceptors (Lipinski definition) is 4. The minimum atomic E-state index is -3.78. The van der Waals surface area contributed by atoms with Gasteiger partial charge in [0.05, 0.1) is 9.92 Å². The van der Waals surface area contributed by atoms with Gasteiger partial charge in [0.1, 0.15) is 5.82 Å². The Bertz CT molecular complexity index is 596. The average molecular weight is 355 g/mol. The molecule has 1 atom stereocenters. The molecule has 0 aliphatic carbocycles. The van der Waals surface area contributed by atoms with E-state index < -0.39 is 15.8 Å². The zero-order chi connectivity index (χ0) is 16.2. The summed E-state index contributed by atoms with van der Waals surface area (Å²) >= 11 is 7.33. The minimum Gasteiger partial charge on any atom is -0.326 e. The molecule has 0 saturated heterocycles. The van der Waals surface area contributed by atoms with Gasteiger partial charge < -0.3 is 5.73 Å². The number of nitrogens with two attached hydrogens (primary N) is 1. The zero-order valence-corrected chi connectivity index (χ0v) is 14.7. The third-order valence-corrected chi connectivity index (χ3v) is 6.35. The van der Waals surface area contributed by atoms with Crippen molar-refractivity contribution in [2.45, 2.75) is 30.8 Å². The summed E-state index contributed by atoms with van der Waals surface area (Å²) in [5.41, 5.74) is 5.76. The van der Waals surface area contributed by atoms with Crippen LogP contribution in [0.4, 0.5) is 4.39 Å².